The lowest BCUT2D eigenvalue weighted by atomic mass is 10.2. The Hall–Kier alpha value is -3.01. The number of carboxylic acid groups (broad SMARTS) is 1. The first-order valence-electron chi connectivity index (χ1n) is 6.79. The van der Waals surface area contributed by atoms with E-state index in [0.29, 0.717) is 11.6 Å². The van der Waals surface area contributed by atoms with Crippen LogP contribution < -0.4 is 5.32 Å². The SMILES string of the molecule is CC.Cc1ccc(Nc2nc(C#N)c(F)cc2C(=O)O)c(F)c1. The van der Waals surface area contributed by atoms with E-state index >= 15 is 0 Å². The van der Waals surface area contributed by atoms with Gasteiger partial charge in [-0.1, -0.05) is 19.9 Å². The number of carboxylic acids is 1. The van der Waals surface area contributed by atoms with E-state index in [4.69, 9.17) is 10.4 Å². The fourth-order valence-electron chi connectivity index (χ4n) is 1.67. The quantitative estimate of drug-likeness (QED) is 0.892. The fraction of sp³-hybridized carbons (Fsp3) is 0.188. The predicted octanol–water partition coefficient (Wildman–Crippen LogP) is 4.01. The largest absolute Gasteiger partial charge is 0.478 e. The van der Waals surface area contributed by atoms with Crippen LogP contribution in [-0.2, 0) is 0 Å². The summed E-state index contributed by atoms with van der Waals surface area (Å²) < 4.78 is 27.2. The molecule has 0 fully saturated rings. The lowest BCUT2D eigenvalue weighted by Crippen LogP contribution is -2.08. The van der Waals surface area contributed by atoms with Crippen molar-refractivity contribution in [3.05, 3.63) is 52.7 Å². The summed E-state index contributed by atoms with van der Waals surface area (Å²) >= 11 is 0. The van der Waals surface area contributed by atoms with Crippen LogP contribution in [0.1, 0.15) is 35.5 Å². The van der Waals surface area contributed by atoms with E-state index in [9.17, 15) is 13.6 Å². The second kappa shape index (κ2) is 7.84. The molecule has 1 heterocycles. The minimum atomic E-state index is -1.44. The van der Waals surface area contributed by atoms with Gasteiger partial charge in [-0.3, -0.25) is 0 Å². The van der Waals surface area contributed by atoms with Crippen LogP contribution in [-0.4, -0.2) is 16.1 Å². The summed E-state index contributed by atoms with van der Waals surface area (Å²) in [5.41, 5.74) is -0.408. The van der Waals surface area contributed by atoms with Gasteiger partial charge < -0.3 is 10.4 Å². The number of hydrogen-bond acceptors (Lipinski definition) is 4. The standard InChI is InChI=1S/C14H9F2N3O2.C2H6/c1-7-2-3-11(9(15)4-7)18-13-8(14(20)21)5-10(16)12(6-17)19-13;1-2/h2-5H,1H3,(H,18,19)(H,20,21);1-2H3. The number of aromatic nitrogens is 1. The average Bonchev–Trinajstić information content (AvgIpc) is 2.53. The Bertz CT molecular complexity index is 771. The molecule has 7 heteroatoms. The van der Waals surface area contributed by atoms with Crippen molar-refractivity contribution in [2.45, 2.75) is 20.8 Å². The molecule has 0 aliphatic rings. The second-order valence-corrected chi connectivity index (χ2v) is 4.24. The minimum absolute atomic E-state index is 0.0221. The van der Waals surface area contributed by atoms with Crippen LogP contribution in [0.4, 0.5) is 20.3 Å². The van der Waals surface area contributed by atoms with E-state index in [1.54, 1.807) is 13.0 Å². The van der Waals surface area contributed by atoms with Crippen LogP contribution in [0.15, 0.2) is 24.3 Å². The highest BCUT2D eigenvalue weighted by Gasteiger charge is 2.18. The fourth-order valence-corrected chi connectivity index (χ4v) is 1.67. The van der Waals surface area contributed by atoms with Gasteiger partial charge >= 0.3 is 5.97 Å². The molecule has 0 spiro atoms. The molecule has 23 heavy (non-hydrogen) atoms. The summed E-state index contributed by atoms with van der Waals surface area (Å²) in [6.45, 7) is 5.69. The van der Waals surface area contributed by atoms with E-state index in [-0.39, 0.29) is 11.5 Å². The highest BCUT2D eigenvalue weighted by molar-refractivity contribution is 5.94. The number of nitriles is 1. The molecule has 1 aromatic carbocycles. The maximum atomic E-state index is 13.8. The van der Waals surface area contributed by atoms with Crippen molar-refractivity contribution < 1.29 is 18.7 Å². The highest BCUT2D eigenvalue weighted by Crippen LogP contribution is 2.24. The third kappa shape index (κ3) is 4.23. The van der Waals surface area contributed by atoms with Gasteiger partial charge in [0.2, 0.25) is 0 Å². The van der Waals surface area contributed by atoms with Crippen molar-refractivity contribution in [3.8, 4) is 6.07 Å². The van der Waals surface area contributed by atoms with E-state index < -0.39 is 28.9 Å². The molecule has 120 valence electrons. The van der Waals surface area contributed by atoms with Gasteiger partial charge in [-0.15, -0.1) is 0 Å². The molecule has 5 nitrogen and oxygen atoms in total. The van der Waals surface area contributed by atoms with Gasteiger partial charge in [0.1, 0.15) is 23.3 Å². The number of hydrogen-bond donors (Lipinski definition) is 2. The molecule has 0 radical (unpaired) electrons. The van der Waals surface area contributed by atoms with E-state index in [2.05, 4.69) is 10.3 Å². The van der Waals surface area contributed by atoms with E-state index in [1.165, 1.54) is 18.2 Å². The molecular formula is C16H15F2N3O2. The summed E-state index contributed by atoms with van der Waals surface area (Å²) in [7, 11) is 0. The summed E-state index contributed by atoms with van der Waals surface area (Å²) in [6, 6.07) is 6.42. The summed E-state index contributed by atoms with van der Waals surface area (Å²) in [5, 5.41) is 20.2. The van der Waals surface area contributed by atoms with Crippen molar-refractivity contribution in [1.29, 1.82) is 5.26 Å². The van der Waals surface area contributed by atoms with Crippen LogP contribution in [0.5, 0.6) is 0 Å². The third-order valence-corrected chi connectivity index (χ3v) is 2.69. The van der Waals surface area contributed by atoms with E-state index in [1.807, 2.05) is 13.8 Å². The molecular weight excluding hydrogens is 304 g/mol. The normalized spacial score (nSPS) is 9.39. The number of anilines is 2. The molecule has 0 aliphatic heterocycles. The minimum Gasteiger partial charge on any atom is -0.478 e. The molecule has 0 unspecified atom stereocenters. The summed E-state index contributed by atoms with van der Waals surface area (Å²) in [6.07, 6.45) is 0. The van der Waals surface area contributed by atoms with Crippen molar-refractivity contribution in [3.63, 3.8) is 0 Å². The zero-order valence-corrected chi connectivity index (χ0v) is 12.8. The molecule has 0 bridgehead atoms. The first kappa shape index (κ1) is 18.0. The molecule has 0 aliphatic carbocycles. The smallest absolute Gasteiger partial charge is 0.339 e. The molecule has 0 saturated heterocycles. The highest BCUT2D eigenvalue weighted by atomic mass is 19.1. The van der Waals surface area contributed by atoms with Crippen LogP contribution in [0.2, 0.25) is 0 Å². The number of aromatic carboxylic acids is 1. The zero-order valence-electron chi connectivity index (χ0n) is 12.8. The Morgan fingerprint density at radius 1 is 1.26 bits per heavy atom. The number of halogens is 2. The number of aryl methyl sites for hydroxylation is 1. The lowest BCUT2D eigenvalue weighted by molar-refractivity contribution is 0.0697. The number of benzene rings is 1. The van der Waals surface area contributed by atoms with Gasteiger partial charge in [-0.25, -0.2) is 18.6 Å². The van der Waals surface area contributed by atoms with Gasteiger partial charge in [0.15, 0.2) is 11.5 Å². The predicted molar refractivity (Wildman–Crippen MR) is 81.6 cm³/mol. The van der Waals surface area contributed by atoms with Crippen molar-refractivity contribution in [1.82, 2.24) is 4.98 Å². The van der Waals surface area contributed by atoms with Crippen molar-refractivity contribution >= 4 is 17.5 Å². The number of rotatable bonds is 3. The van der Waals surface area contributed by atoms with Crippen LogP contribution in [0.25, 0.3) is 0 Å². The average molecular weight is 319 g/mol. The van der Waals surface area contributed by atoms with Crippen molar-refractivity contribution in [2.75, 3.05) is 5.32 Å². The molecule has 0 saturated carbocycles. The van der Waals surface area contributed by atoms with Crippen LogP contribution in [0, 0.1) is 29.9 Å². The Kier molecular flexibility index (Phi) is 6.15. The Morgan fingerprint density at radius 3 is 2.43 bits per heavy atom. The van der Waals surface area contributed by atoms with Gasteiger partial charge in [0.25, 0.3) is 0 Å². The van der Waals surface area contributed by atoms with Gasteiger partial charge in [-0.2, -0.15) is 5.26 Å². The van der Waals surface area contributed by atoms with Gasteiger partial charge in [0.05, 0.1) is 5.69 Å². The summed E-state index contributed by atoms with van der Waals surface area (Å²) in [4.78, 5) is 14.7. The number of nitrogens with one attached hydrogen (secondary N) is 1. The molecule has 2 aromatic rings. The Morgan fingerprint density at radius 2 is 1.91 bits per heavy atom. The maximum Gasteiger partial charge on any atom is 0.339 e. The Balaban J connectivity index is 0.00000127. The molecule has 0 amide bonds. The monoisotopic (exact) mass is 319 g/mol. The molecule has 1 aromatic heterocycles. The lowest BCUT2D eigenvalue weighted by Gasteiger charge is -2.10. The first-order chi connectivity index (χ1) is 10.9. The van der Waals surface area contributed by atoms with E-state index in [0.717, 1.165) is 0 Å². The number of pyridine rings is 1. The first-order valence-corrected chi connectivity index (χ1v) is 6.79. The topological polar surface area (TPSA) is 86.0 Å². The Labute approximate surface area is 132 Å². The molecule has 0 atom stereocenters. The molecule has 2 N–H and O–H groups in total. The van der Waals surface area contributed by atoms with Crippen LogP contribution >= 0.6 is 0 Å². The number of nitrogens with zero attached hydrogens (tertiary/aromatic N) is 2. The third-order valence-electron chi connectivity index (χ3n) is 2.69. The second-order valence-electron chi connectivity index (χ2n) is 4.24. The van der Waals surface area contributed by atoms with Gasteiger partial charge in [-0.05, 0) is 30.7 Å². The van der Waals surface area contributed by atoms with Crippen molar-refractivity contribution in [2.24, 2.45) is 0 Å². The zero-order chi connectivity index (χ0) is 17.6. The maximum absolute atomic E-state index is 13.8. The van der Waals surface area contributed by atoms with Crippen LogP contribution in [0.3, 0.4) is 0 Å². The molecule has 2 rings (SSSR count). The number of carbonyl (C=O) groups is 1. The summed E-state index contributed by atoms with van der Waals surface area (Å²) in [5.74, 6) is -3.41. The van der Waals surface area contributed by atoms with Gasteiger partial charge in [0, 0.05) is 0 Å².